The summed E-state index contributed by atoms with van der Waals surface area (Å²) in [6, 6.07) is 12.3. The summed E-state index contributed by atoms with van der Waals surface area (Å²) in [5.41, 5.74) is 2.33. The number of anilines is 1. The van der Waals surface area contributed by atoms with E-state index in [4.69, 9.17) is 5.26 Å². The van der Waals surface area contributed by atoms with Crippen LogP contribution in [0.15, 0.2) is 42.5 Å². The Morgan fingerprint density at radius 1 is 1.22 bits per heavy atom. The van der Waals surface area contributed by atoms with Crippen LogP contribution in [0.1, 0.15) is 18.5 Å². The molecule has 0 unspecified atom stereocenters. The third-order valence-electron chi connectivity index (χ3n) is 3.20. The fourth-order valence-electron chi connectivity index (χ4n) is 2.31. The molecule has 0 saturated carbocycles. The van der Waals surface area contributed by atoms with Gasteiger partial charge in [-0.2, -0.15) is 5.26 Å². The summed E-state index contributed by atoms with van der Waals surface area (Å²) >= 11 is 0. The number of rotatable bonds is 2. The second-order valence-electron chi connectivity index (χ2n) is 4.47. The van der Waals surface area contributed by atoms with Gasteiger partial charge in [-0.25, -0.2) is 4.98 Å². The molecule has 88 valence electrons. The van der Waals surface area contributed by atoms with E-state index >= 15 is 0 Å². The summed E-state index contributed by atoms with van der Waals surface area (Å²) in [4.78, 5) is 4.31. The molecule has 0 fully saturated rings. The first-order valence-electron chi connectivity index (χ1n) is 6.08. The molecule has 1 aliphatic rings. The van der Waals surface area contributed by atoms with E-state index in [0.29, 0.717) is 11.7 Å². The lowest BCUT2D eigenvalue weighted by molar-refractivity contribution is 0.788. The lowest BCUT2D eigenvalue weighted by Gasteiger charge is -2.15. The zero-order valence-electron chi connectivity index (χ0n) is 9.93. The number of pyridine rings is 1. The van der Waals surface area contributed by atoms with Gasteiger partial charge >= 0.3 is 0 Å². The van der Waals surface area contributed by atoms with Gasteiger partial charge in [-0.1, -0.05) is 30.4 Å². The number of benzene rings is 1. The average Bonchev–Trinajstić information content (AvgIpc) is 2.91. The van der Waals surface area contributed by atoms with E-state index < -0.39 is 0 Å². The van der Waals surface area contributed by atoms with Crippen molar-refractivity contribution in [3.63, 3.8) is 0 Å². The van der Waals surface area contributed by atoms with Crippen molar-refractivity contribution in [2.24, 2.45) is 0 Å². The first-order valence-corrected chi connectivity index (χ1v) is 6.08. The Bertz CT molecular complexity index is 644. The van der Waals surface area contributed by atoms with Gasteiger partial charge in [-0.15, -0.1) is 0 Å². The van der Waals surface area contributed by atoms with Crippen LogP contribution in [0.2, 0.25) is 0 Å². The summed E-state index contributed by atoms with van der Waals surface area (Å²) in [5, 5.41) is 13.6. The highest BCUT2D eigenvalue weighted by Crippen LogP contribution is 2.25. The van der Waals surface area contributed by atoms with E-state index in [1.54, 1.807) is 0 Å². The van der Waals surface area contributed by atoms with Gasteiger partial charge in [0.25, 0.3) is 0 Å². The van der Waals surface area contributed by atoms with E-state index in [1.165, 1.54) is 0 Å². The summed E-state index contributed by atoms with van der Waals surface area (Å²) in [6.45, 7) is 0. The van der Waals surface area contributed by atoms with Crippen LogP contribution in [-0.4, -0.2) is 11.0 Å². The van der Waals surface area contributed by atoms with Crippen molar-refractivity contribution < 1.29 is 0 Å². The van der Waals surface area contributed by atoms with E-state index in [0.717, 1.165) is 29.4 Å². The Balaban J connectivity index is 2.05. The van der Waals surface area contributed by atoms with Gasteiger partial charge in [0.1, 0.15) is 11.8 Å². The van der Waals surface area contributed by atoms with Crippen LogP contribution in [0.3, 0.4) is 0 Å². The van der Waals surface area contributed by atoms with Gasteiger partial charge in [0.05, 0.1) is 5.52 Å². The lowest BCUT2D eigenvalue weighted by Crippen LogP contribution is -2.15. The maximum Gasteiger partial charge on any atom is 0.143 e. The Kier molecular flexibility index (Phi) is 2.70. The van der Waals surface area contributed by atoms with Crippen LogP contribution in [0.4, 0.5) is 5.69 Å². The third-order valence-corrected chi connectivity index (χ3v) is 3.20. The highest BCUT2D eigenvalue weighted by molar-refractivity contribution is 5.91. The number of nitrogens with zero attached hydrogens (tertiary/aromatic N) is 2. The molecule has 1 aromatic heterocycles. The van der Waals surface area contributed by atoms with Crippen molar-refractivity contribution in [2.45, 2.75) is 18.9 Å². The molecule has 2 aromatic rings. The molecule has 0 radical (unpaired) electrons. The Morgan fingerprint density at radius 2 is 2.00 bits per heavy atom. The number of para-hydroxylation sites is 1. The minimum Gasteiger partial charge on any atom is -0.381 e. The van der Waals surface area contributed by atoms with E-state index in [-0.39, 0.29) is 0 Å². The van der Waals surface area contributed by atoms with Gasteiger partial charge in [0, 0.05) is 17.1 Å². The minimum absolute atomic E-state index is 0.433. The SMILES string of the molecule is N#Cc1cc(NC2CC=CC2)c2ccccc2n1. The van der Waals surface area contributed by atoms with E-state index in [2.05, 4.69) is 28.5 Å². The fourth-order valence-corrected chi connectivity index (χ4v) is 2.31. The molecule has 18 heavy (non-hydrogen) atoms. The van der Waals surface area contributed by atoms with Crippen molar-refractivity contribution in [1.29, 1.82) is 5.26 Å². The van der Waals surface area contributed by atoms with Crippen molar-refractivity contribution in [2.75, 3.05) is 5.32 Å². The van der Waals surface area contributed by atoms with Gasteiger partial charge in [-0.05, 0) is 25.0 Å². The van der Waals surface area contributed by atoms with Crippen LogP contribution in [0.5, 0.6) is 0 Å². The zero-order chi connectivity index (χ0) is 12.4. The second kappa shape index (κ2) is 4.50. The molecule has 0 spiro atoms. The quantitative estimate of drug-likeness (QED) is 0.813. The summed E-state index contributed by atoms with van der Waals surface area (Å²) in [7, 11) is 0. The van der Waals surface area contributed by atoms with E-state index in [1.807, 2.05) is 30.3 Å². The van der Waals surface area contributed by atoms with E-state index in [9.17, 15) is 0 Å². The maximum absolute atomic E-state index is 9.03. The van der Waals surface area contributed by atoms with Crippen LogP contribution in [-0.2, 0) is 0 Å². The number of hydrogen-bond acceptors (Lipinski definition) is 3. The van der Waals surface area contributed by atoms with Crippen molar-refractivity contribution in [3.05, 3.63) is 48.2 Å². The monoisotopic (exact) mass is 235 g/mol. The summed E-state index contributed by atoms with van der Waals surface area (Å²) in [5.74, 6) is 0. The number of fused-ring (bicyclic) bond motifs is 1. The third kappa shape index (κ3) is 1.93. The van der Waals surface area contributed by atoms with Crippen molar-refractivity contribution >= 4 is 16.6 Å². The van der Waals surface area contributed by atoms with Crippen LogP contribution in [0, 0.1) is 11.3 Å². The van der Waals surface area contributed by atoms with Gasteiger partial charge in [0.2, 0.25) is 0 Å². The Hall–Kier alpha value is -2.34. The van der Waals surface area contributed by atoms with Crippen LogP contribution in [0.25, 0.3) is 10.9 Å². The molecule has 1 aliphatic carbocycles. The summed E-state index contributed by atoms with van der Waals surface area (Å²) < 4.78 is 0. The standard InChI is InChI=1S/C15H13N3/c16-10-12-9-15(17-11-5-1-2-6-11)13-7-3-4-8-14(13)18-12/h1-4,7-9,11H,5-6H2,(H,17,18). The highest BCUT2D eigenvalue weighted by Gasteiger charge is 2.12. The smallest absolute Gasteiger partial charge is 0.143 e. The molecule has 1 N–H and O–H groups in total. The van der Waals surface area contributed by atoms with Crippen molar-refractivity contribution in [1.82, 2.24) is 4.98 Å². The molecule has 0 aliphatic heterocycles. The summed E-state index contributed by atoms with van der Waals surface area (Å²) in [6.07, 6.45) is 6.45. The van der Waals surface area contributed by atoms with Gasteiger partial charge in [-0.3, -0.25) is 0 Å². The lowest BCUT2D eigenvalue weighted by atomic mass is 10.1. The molecule has 0 atom stereocenters. The topological polar surface area (TPSA) is 48.7 Å². The normalized spacial score (nSPS) is 14.8. The molecule has 0 amide bonds. The number of aromatic nitrogens is 1. The first kappa shape index (κ1) is 10.8. The number of nitrogens with one attached hydrogen (secondary N) is 1. The predicted molar refractivity (Wildman–Crippen MR) is 72.2 cm³/mol. The van der Waals surface area contributed by atoms with Crippen LogP contribution >= 0.6 is 0 Å². The number of nitriles is 1. The molecule has 3 rings (SSSR count). The molecule has 3 heteroatoms. The largest absolute Gasteiger partial charge is 0.381 e. The molecule has 1 heterocycles. The average molecular weight is 235 g/mol. The zero-order valence-corrected chi connectivity index (χ0v) is 9.93. The van der Waals surface area contributed by atoms with Gasteiger partial charge in [0.15, 0.2) is 0 Å². The first-order chi connectivity index (χ1) is 8.86. The molecule has 0 saturated heterocycles. The van der Waals surface area contributed by atoms with Crippen LogP contribution < -0.4 is 5.32 Å². The van der Waals surface area contributed by atoms with Crippen molar-refractivity contribution in [3.8, 4) is 6.07 Å². The molecular weight excluding hydrogens is 222 g/mol. The number of hydrogen-bond donors (Lipinski definition) is 1. The molecule has 0 bridgehead atoms. The predicted octanol–water partition coefficient (Wildman–Crippen LogP) is 3.24. The molecular formula is C15H13N3. The Morgan fingerprint density at radius 3 is 2.78 bits per heavy atom. The minimum atomic E-state index is 0.433. The van der Waals surface area contributed by atoms with Gasteiger partial charge < -0.3 is 5.32 Å². The highest BCUT2D eigenvalue weighted by atomic mass is 14.9. The fraction of sp³-hybridized carbons (Fsp3) is 0.200. The molecule has 3 nitrogen and oxygen atoms in total. The maximum atomic E-state index is 9.03. The Labute approximate surface area is 106 Å². The molecule has 1 aromatic carbocycles. The second-order valence-corrected chi connectivity index (χ2v) is 4.47.